The van der Waals surface area contributed by atoms with Crippen LogP contribution in [0.5, 0.6) is 0 Å². The molecule has 0 radical (unpaired) electrons. The van der Waals surface area contributed by atoms with E-state index in [1.807, 2.05) is 24.9 Å². The number of carbonyl (C=O) groups excluding carboxylic acids is 1. The number of aliphatic carboxylic acids is 1. The summed E-state index contributed by atoms with van der Waals surface area (Å²) in [4.78, 5) is 25.3. The molecule has 0 aromatic carbocycles. The first kappa shape index (κ1) is 23.2. The highest BCUT2D eigenvalue weighted by Gasteiger charge is 2.10. The molecule has 0 aromatic heterocycles. The predicted molar refractivity (Wildman–Crippen MR) is 103 cm³/mol. The summed E-state index contributed by atoms with van der Waals surface area (Å²) in [7, 11) is 7.61. The van der Waals surface area contributed by atoms with Crippen molar-refractivity contribution in [3.63, 3.8) is 0 Å². The zero-order valence-electron chi connectivity index (χ0n) is 15.5. The summed E-state index contributed by atoms with van der Waals surface area (Å²) in [6.45, 7) is 6.85. The summed E-state index contributed by atoms with van der Waals surface area (Å²) in [5, 5.41) is 8.56. The fourth-order valence-electron chi connectivity index (χ4n) is 1.64. The molecular weight excluding hydrogens is 346 g/mol. The lowest BCUT2D eigenvalue weighted by atomic mass is 10.2. The fraction of sp³-hybridized carbons (Fsp3) is 0.765. The van der Waals surface area contributed by atoms with Crippen LogP contribution in [-0.2, 0) is 14.3 Å². The normalized spacial score (nSPS) is 12.1. The lowest BCUT2D eigenvalue weighted by Gasteiger charge is -2.18. The number of rotatable bonds is 13. The smallest absolute Gasteiger partial charge is 0.305 e. The maximum atomic E-state index is 11.6. The van der Waals surface area contributed by atoms with Crippen LogP contribution in [0, 0.1) is 5.92 Å². The Hall–Kier alpha value is -0.820. The number of carboxylic acid groups (broad SMARTS) is 1. The second-order valence-electron chi connectivity index (χ2n) is 6.21. The third-order valence-electron chi connectivity index (χ3n) is 3.38. The molecule has 1 N–H and O–H groups in total. The number of esters is 1. The average molecular weight is 378 g/mol. The molecule has 7 heteroatoms. The molecule has 0 aliphatic rings. The first-order valence-corrected chi connectivity index (χ1v) is 10.6. The molecule has 140 valence electrons. The minimum Gasteiger partial charge on any atom is -0.481 e. The zero-order valence-corrected chi connectivity index (χ0v) is 17.1. The lowest BCUT2D eigenvalue weighted by Crippen LogP contribution is -2.12. The molecule has 0 unspecified atom stereocenters. The quantitative estimate of drug-likeness (QED) is 0.290. The van der Waals surface area contributed by atoms with Gasteiger partial charge in [0.1, 0.15) is 0 Å². The molecular formula is C17H31NO4S2. The van der Waals surface area contributed by atoms with Crippen LogP contribution in [0.25, 0.3) is 0 Å². The number of allylic oxidation sites excluding steroid dienone is 1. The van der Waals surface area contributed by atoms with Gasteiger partial charge in [0.25, 0.3) is 0 Å². The first-order valence-electron chi connectivity index (χ1n) is 8.28. The number of carboxylic acids is 1. The van der Waals surface area contributed by atoms with Crippen molar-refractivity contribution in [1.82, 2.24) is 4.90 Å². The van der Waals surface area contributed by atoms with E-state index < -0.39 is 5.97 Å². The van der Waals surface area contributed by atoms with Gasteiger partial charge in [-0.15, -0.1) is 0 Å². The molecule has 0 atom stereocenters. The summed E-state index contributed by atoms with van der Waals surface area (Å²) < 4.78 is 5.22. The minimum absolute atomic E-state index is 0.00231. The van der Waals surface area contributed by atoms with Crippen molar-refractivity contribution in [1.29, 1.82) is 0 Å². The van der Waals surface area contributed by atoms with Crippen LogP contribution < -0.4 is 0 Å². The van der Waals surface area contributed by atoms with Crippen molar-refractivity contribution in [2.45, 2.75) is 52.9 Å². The van der Waals surface area contributed by atoms with Crippen molar-refractivity contribution in [3.05, 3.63) is 10.6 Å². The molecule has 5 nitrogen and oxygen atoms in total. The highest BCUT2D eigenvalue weighted by Crippen LogP contribution is 2.35. The minimum atomic E-state index is -0.885. The number of carbonyl (C=O) groups is 2. The highest BCUT2D eigenvalue weighted by atomic mass is 33.1. The van der Waals surface area contributed by atoms with Crippen molar-refractivity contribution in [3.8, 4) is 0 Å². The van der Waals surface area contributed by atoms with Gasteiger partial charge in [0.05, 0.1) is 6.61 Å². The summed E-state index contributed by atoms with van der Waals surface area (Å²) in [5.41, 5.74) is 1.18. The lowest BCUT2D eigenvalue weighted by molar-refractivity contribution is -0.143. The second-order valence-corrected chi connectivity index (χ2v) is 8.72. The van der Waals surface area contributed by atoms with Crippen LogP contribution in [0.15, 0.2) is 10.6 Å². The molecule has 0 aliphatic heterocycles. The van der Waals surface area contributed by atoms with Crippen molar-refractivity contribution < 1.29 is 19.4 Å². The Bertz CT molecular complexity index is 423. The van der Waals surface area contributed by atoms with E-state index in [4.69, 9.17) is 9.84 Å². The molecule has 0 spiro atoms. The predicted octanol–water partition coefficient (Wildman–Crippen LogP) is 4.40. The van der Waals surface area contributed by atoms with E-state index in [-0.39, 0.29) is 18.8 Å². The Morgan fingerprint density at radius 2 is 1.83 bits per heavy atom. The van der Waals surface area contributed by atoms with Gasteiger partial charge in [-0.2, -0.15) is 0 Å². The first-order chi connectivity index (χ1) is 11.2. The maximum absolute atomic E-state index is 11.6. The van der Waals surface area contributed by atoms with Crippen LogP contribution >= 0.6 is 21.6 Å². The molecule has 0 heterocycles. The average Bonchev–Trinajstić information content (AvgIpc) is 2.48. The van der Waals surface area contributed by atoms with Gasteiger partial charge in [0.15, 0.2) is 0 Å². The summed E-state index contributed by atoms with van der Waals surface area (Å²) in [6, 6.07) is 0. The molecule has 24 heavy (non-hydrogen) atoms. The van der Waals surface area contributed by atoms with Gasteiger partial charge in [-0.1, -0.05) is 35.4 Å². The second kappa shape index (κ2) is 13.5. The van der Waals surface area contributed by atoms with Gasteiger partial charge >= 0.3 is 11.9 Å². The van der Waals surface area contributed by atoms with E-state index in [1.54, 1.807) is 10.8 Å². The van der Waals surface area contributed by atoms with Crippen molar-refractivity contribution in [2.24, 2.45) is 5.92 Å². The topological polar surface area (TPSA) is 66.8 Å². The van der Waals surface area contributed by atoms with Crippen LogP contribution in [0.4, 0.5) is 0 Å². The molecule has 0 amide bonds. The van der Waals surface area contributed by atoms with Crippen LogP contribution in [0.1, 0.15) is 52.9 Å². The molecule has 0 bridgehead atoms. The largest absolute Gasteiger partial charge is 0.481 e. The number of hydrogen-bond donors (Lipinski definition) is 1. The number of ether oxygens (including phenoxy) is 1. The van der Waals surface area contributed by atoms with E-state index in [9.17, 15) is 9.59 Å². The van der Waals surface area contributed by atoms with Crippen molar-refractivity contribution in [2.75, 3.05) is 26.5 Å². The summed E-state index contributed by atoms with van der Waals surface area (Å²) in [5.74, 6) is 0.592. The Kier molecular flexibility index (Phi) is 13.0. The van der Waals surface area contributed by atoms with Gasteiger partial charge in [0.2, 0.25) is 0 Å². The summed E-state index contributed by atoms with van der Waals surface area (Å²) in [6.07, 6.45) is 2.36. The van der Waals surface area contributed by atoms with E-state index >= 15 is 0 Å². The molecule has 0 aromatic rings. The molecule has 0 aliphatic carbocycles. The van der Waals surface area contributed by atoms with Crippen molar-refractivity contribution >= 4 is 33.5 Å². The molecule has 0 saturated carbocycles. The number of nitrogens with zero attached hydrogens (tertiary/aromatic N) is 1. The molecule has 0 rings (SSSR count). The van der Waals surface area contributed by atoms with E-state index in [0.29, 0.717) is 25.4 Å². The third-order valence-corrected chi connectivity index (χ3v) is 6.05. The Labute approximate surface area is 154 Å². The van der Waals surface area contributed by atoms with E-state index in [2.05, 4.69) is 25.7 Å². The molecule has 0 fully saturated rings. The van der Waals surface area contributed by atoms with Gasteiger partial charge in [-0.3, -0.25) is 9.59 Å². The van der Waals surface area contributed by atoms with Gasteiger partial charge < -0.3 is 14.7 Å². The molecule has 0 saturated heterocycles. The summed E-state index contributed by atoms with van der Waals surface area (Å²) >= 11 is 0. The Balaban J connectivity index is 4.25. The Morgan fingerprint density at radius 1 is 1.17 bits per heavy atom. The van der Waals surface area contributed by atoms with Gasteiger partial charge in [-0.25, -0.2) is 0 Å². The highest BCUT2D eigenvalue weighted by molar-refractivity contribution is 8.78. The van der Waals surface area contributed by atoms with E-state index in [1.165, 1.54) is 17.0 Å². The zero-order chi connectivity index (χ0) is 18.5. The number of hydrogen-bond acceptors (Lipinski definition) is 6. The van der Waals surface area contributed by atoms with Crippen LogP contribution in [0.3, 0.4) is 0 Å². The Morgan fingerprint density at radius 3 is 2.38 bits per heavy atom. The van der Waals surface area contributed by atoms with Gasteiger partial charge in [-0.05, 0) is 25.7 Å². The monoisotopic (exact) mass is 377 g/mol. The van der Waals surface area contributed by atoms with Crippen LogP contribution in [-0.4, -0.2) is 48.4 Å². The van der Waals surface area contributed by atoms with E-state index in [0.717, 1.165) is 5.75 Å². The van der Waals surface area contributed by atoms with Crippen LogP contribution in [0.2, 0.25) is 0 Å². The fourth-order valence-corrected chi connectivity index (χ4v) is 4.48. The maximum Gasteiger partial charge on any atom is 0.305 e. The standard InChI is InChI=1S/C17H31NO4S2/c1-13(2)10-12-23-24-15(14(3)18(4)5)9-11-22-17(21)8-6-7-16(19)20/h13H,6-12H2,1-5H3,(H,19,20)/b15-14-. The van der Waals surface area contributed by atoms with Gasteiger partial charge in [0, 0.05) is 49.7 Å². The SMILES string of the molecule is C/C(=C(\CCOC(=O)CCCC(=O)O)SSCCC(C)C)N(C)C. The third kappa shape index (κ3) is 12.6.